The SMILES string of the molecule is CCC1(CC)[C@H](C(=O)O[C@H](C#N)c2cccc(Oc3ccccc3)c2)[C@@H]1C=C(Br)Br. The first-order chi connectivity index (χ1) is 14.4. The van der Waals surface area contributed by atoms with E-state index in [-0.39, 0.29) is 23.2 Å². The molecule has 0 aliphatic heterocycles. The van der Waals surface area contributed by atoms with Gasteiger partial charge in [-0.2, -0.15) is 5.26 Å². The number of ether oxygens (including phenoxy) is 2. The van der Waals surface area contributed by atoms with E-state index >= 15 is 0 Å². The van der Waals surface area contributed by atoms with Gasteiger partial charge in [-0.25, -0.2) is 0 Å². The zero-order chi connectivity index (χ0) is 21.7. The van der Waals surface area contributed by atoms with Crippen molar-refractivity contribution < 1.29 is 14.3 Å². The first-order valence-corrected chi connectivity index (χ1v) is 11.5. The van der Waals surface area contributed by atoms with Crippen LogP contribution in [0.5, 0.6) is 11.5 Å². The maximum absolute atomic E-state index is 13.0. The summed E-state index contributed by atoms with van der Waals surface area (Å²) in [6.07, 6.45) is 2.76. The maximum Gasteiger partial charge on any atom is 0.311 e. The second-order valence-electron chi connectivity index (χ2n) is 7.33. The fourth-order valence-corrected chi connectivity index (χ4v) is 4.76. The van der Waals surface area contributed by atoms with Crippen LogP contribution in [0.4, 0.5) is 0 Å². The Labute approximate surface area is 194 Å². The number of allylic oxidation sites excluding steroid dienone is 1. The van der Waals surface area contributed by atoms with Crippen LogP contribution in [-0.2, 0) is 9.53 Å². The Kier molecular flexibility index (Phi) is 7.38. The molecule has 4 nitrogen and oxygen atoms in total. The van der Waals surface area contributed by atoms with Gasteiger partial charge in [0.25, 0.3) is 0 Å². The summed E-state index contributed by atoms with van der Waals surface area (Å²) < 4.78 is 12.3. The molecule has 2 aromatic carbocycles. The van der Waals surface area contributed by atoms with Crippen molar-refractivity contribution in [3.05, 3.63) is 69.6 Å². The number of rotatable bonds is 8. The molecule has 1 saturated carbocycles. The minimum Gasteiger partial charge on any atom is -0.457 e. The number of para-hydroxylation sites is 1. The van der Waals surface area contributed by atoms with Gasteiger partial charge in [0.2, 0.25) is 6.10 Å². The second kappa shape index (κ2) is 9.80. The lowest BCUT2D eigenvalue weighted by atomic mass is 9.95. The molecular weight excluding hydrogens is 510 g/mol. The number of nitriles is 1. The Morgan fingerprint density at radius 1 is 1.13 bits per heavy atom. The molecule has 3 rings (SSSR count). The first kappa shape index (κ1) is 22.6. The van der Waals surface area contributed by atoms with Crippen molar-refractivity contribution in [2.45, 2.75) is 32.8 Å². The van der Waals surface area contributed by atoms with Gasteiger partial charge in [0, 0.05) is 5.56 Å². The average molecular weight is 533 g/mol. The highest BCUT2D eigenvalue weighted by Gasteiger charge is 2.65. The van der Waals surface area contributed by atoms with E-state index in [4.69, 9.17) is 9.47 Å². The predicted molar refractivity (Wildman–Crippen MR) is 123 cm³/mol. The Morgan fingerprint density at radius 2 is 1.80 bits per heavy atom. The van der Waals surface area contributed by atoms with Crippen LogP contribution >= 0.6 is 31.9 Å². The van der Waals surface area contributed by atoms with E-state index in [1.807, 2.05) is 36.4 Å². The summed E-state index contributed by atoms with van der Waals surface area (Å²) in [5.74, 6) is 0.783. The van der Waals surface area contributed by atoms with Gasteiger partial charge in [0.1, 0.15) is 17.6 Å². The molecule has 0 unspecified atom stereocenters. The standard InChI is InChI=1S/C24H23Br2NO3/c1-3-24(4-2)19(14-21(25)26)22(24)23(28)30-20(15-27)16-9-8-12-18(13-16)29-17-10-6-5-7-11-17/h5-14,19-20,22H,3-4H2,1-2H3/t19-,20+,22-/m0/s1. The molecule has 0 saturated heterocycles. The molecule has 30 heavy (non-hydrogen) atoms. The molecule has 0 bridgehead atoms. The topological polar surface area (TPSA) is 59.3 Å². The molecule has 156 valence electrons. The van der Waals surface area contributed by atoms with Crippen LogP contribution in [0, 0.1) is 28.6 Å². The van der Waals surface area contributed by atoms with Crippen LogP contribution in [-0.4, -0.2) is 5.97 Å². The highest BCUT2D eigenvalue weighted by Crippen LogP contribution is 2.65. The number of nitrogens with zero attached hydrogens (tertiary/aromatic N) is 1. The van der Waals surface area contributed by atoms with E-state index in [1.165, 1.54) is 0 Å². The summed E-state index contributed by atoms with van der Waals surface area (Å²) in [7, 11) is 0. The normalized spacial score (nSPS) is 19.8. The molecule has 0 spiro atoms. The number of halogens is 2. The summed E-state index contributed by atoms with van der Waals surface area (Å²) in [5.41, 5.74) is 0.467. The first-order valence-electron chi connectivity index (χ1n) is 9.91. The molecular formula is C24H23Br2NO3. The average Bonchev–Trinajstić information content (AvgIpc) is 3.39. The predicted octanol–water partition coefficient (Wildman–Crippen LogP) is 7.27. The summed E-state index contributed by atoms with van der Waals surface area (Å²) >= 11 is 6.79. The number of carbonyl (C=O) groups excluding carboxylic acids is 1. The largest absolute Gasteiger partial charge is 0.457 e. The monoisotopic (exact) mass is 531 g/mol. The van der Waals surface area contributed by atoms with Crippen molar-refractivity contribution in [2.24, 2.45) is 17.3 Å². The van der Waals surface area contributed by atoms with Gasteiger partial charge in [0.15, 0.2) is 0 Å². The molecule has 1 fully saturated rings. The zero-order valence-corrected chi connectivity index (χ0v) is 20.0. The summed E-state index contributed by atoms with van der Waals surface area (Å²) in [6.45, 7) is 4.18. The van der Waals surface area contributed by atoms with Gasteiger partial charge in [0.05, 0.1) is 9.31 Å². The third-order valence-electron chi connectivity index (χ3n) is 5.90. The Bertz CT molecular complexity index is 960. The Morgan fingerprint density at radius 3 is 2.40 bits per heavy atom. The molecule has 0 amide bonds. The van der Waals surface area contributed by atoms with E-state index in [1.54, 1.807) is 24.3 Å². The van der Waals surface area contributed by atoms with Crippen LogP contribution in [0.3, 0.4) is 0 Å². The van der Waals surface area contributed by atoms with E-state index in [0.29, 0.717) is 17.1 Å². The van der Waals surface area contributed by atoms with Gasteiger partial charge in [-0.1, -0.05) is 50.3 Å². The number of benzene rings is 2. The number of carbonyl (C=O) groups is 1. The van der Waals surface area contributed by atoms with Crippen molar-refractivity contribution in [3.63, 3.8) is 0 Å². The lowest BCUT2D eigenvalue weighted by molar-refractivity contribution is -0.149. The third-order valence-corrected chi connectivity index (χ3v) is 6.43. The molecule has 0 heterocycles. The van der Waals surface area contributed by atoms with Gasteiger partial charge in [-0.3, -0.25) is 4.79 Å². The minimum absolute atomic E-state index is 0.0841. The molecule has 0 N–H and O–H groups in total. The minimum atomic E-state index is -0.985. The fourth-order valence-electron chi connectivity index (χ4n) is 4.19. The number of hydrogen-bond donors (Lipinski definition) is 0. The van der Waals surface area contributed by atoms with E-state index in [9.17, 15) is 10.1 Å². The van der Waals surface area contributed by atoms with Gasteiger partial charge < -0.3 is 9.47 Å². The quantitative estimate of drug-likeness (QED) is 0.335. The van der Waals surface area contributed by atoms with E-state index < -0.39 is 6.10 Å². The lowest BCUT2D eigenvalue weighted by Crippen LogP contribution is -2.16. The van der Waals surface area contributed by atoms with Gasteiger partial charge in [-0.05, 0) is 80.3 Å². The van der Waals surface area contributed by atoms with E-state index in [2.05, 4.69) is 51.8 Å². The second-order valence-corrected chi connectivity index (χ2v) is 10.1. The number of esters is 1. The van der Waals surface area contributed by atoms with Crippen LogP contribution < -0.4 is 4.74 Å². The maximum atomic E-state index is 13.0. The lowest BCUT2D eigenvalue weighted by Gasteiger charge is -2.15. The van der Waals surface area contributed by atoms with Crippen molar-refractivity contribution in [3.8, 4) is 17.6 Å². The molecule has 2 aromatic rings. The number of hydrogen-bond acceptors (Lipinski definition) is 4. The molecule has 6 heteroatoms. The van der Waals surface area contributed by atoms with Crippen molar-refractivity contribution in [1.29, 1.82) is 5.26 Å². The van der Waals surface area contributed by atoms with Crippen molar-refractivity contribution >= 4 is 37.8 Å². The Balaban J connectivity index is 1.76. The zero-order valence-electron chi connectivity index (χ0n) is 16.8. The molecule has 1 aliphatic rings. The van der Waals surface area contributed by atoms with Crippen LogP contribution in [0.1, 0.15) is 38.4 Å². The molecule has 0 radical (unpaired) electrons. The fraction of sp³-hybridized carbons (Fsp3) is 0.333. The smallest absolute Gasteiger partial charge is 0.311 e. The van der Waals surface area contributed by atoms with Crippen LogP contribution in [0.15, 0.2) is 64.1 Å². The van der Waals surface area contributed by atoms with Crippen molar-refractivity contribution in [2.75, 3.05) is 0 Å². The van der Waals surface area contributed by atoms with Crippen molar-refractivity contribution in [1.82, 2.24) is 0 Å². The van der Waals surface area contributed by atoms with Crippen LogP contribution in [0.25, 0.3) is 0 Å². The van der Waals surface area contributed by atoms with Gasteiger partial charge >= 0.3 is 5.97 Å². The molecule has 1 aliphatic carbocycles. The summed E-state index contributed by atoms with van der Waals surface area (Å²) in [4.78, 5) is 13.0. The third kappa shape index (κ3) is 4.79. The van der Waals surface area contributed by atoms with E-state index in [0.717, 1.165) is 16.2 Å². The Hall–Kier alpha value is -2.10. The highest BCUT2D eigenvalue weighted by molar-refractivity contribution is 9.28. The summed E-state index contributed by atoms with van der Waals surface area (Å²) in [6, 6.07) is 18.6. The van der Waals surface area contributed by atoms with Crippen LogP contribution in [0.2, 0.25) is 0 Å². The summed E-state index contributed by atoms with van der Waals surface area (Å²) in [5, 5.41) is 9.67. The highest BCUT2D eigenvalue weighted by atomic mass is 79.9. The molecule has 3 atom stereocenters. The molecule has 0 aromatic heterocycles. The van der Waals surface area contributed by atoms with Gasteiger partial charge in [-0.15, -0.1) is 0 Å².